The van der Waals surface area contributed by atoms with Gasteiger partial charge in [-0.25, -0.2) is 0 Å². The van der Waals surface area contributed by atoms with Gasteiger partial charge in [0.15, 0.2) is 0 Å². The molecule has 4 heteroatoms. The fraction of sp³-hybridized carbons (Fsp3) is 0.400. The van der Waals surface area contributed by atoms with Gasteiger partial charge in [0, 0.05) is 11.8 Å². The number of hydrogen-bond acceptors (Lipinski definition) is 2. The lowest BCUT2D eigenvalue weighted by Gasteiger charge is -2.38. The van der Waals surface area contributed by atoms with E-state index in [0.29, 0.717) is 22.2 Å². The maximum atomic E-state index is 13.6. The van der Waals surface area contributed by atoms with E-state index in [1.165, 1.54) is 0 Å². The van der Waals surface area contributed by atoms with Crippen LogP contribution >= 0.6 is 0 Å². The number of pyridine rings is 1. The van der Waals surface area contributed by atoms with Crippen LogP contribution in [0.3, 0.4) is 0 Å². The van der Waals surface area contributed by atoms with Crippen molar-refractivity contribution < 1.29 is 4.79 Å². The Hall–Kier alpha value is -2.90. The fourth-order valence-electron chi connectivity index (χ4n) is 5.29. The molecule has 0 radical (unpaired) electrons. The summed E-state index contributed by atoms with van der Waals surface area (Å²) >= 11 is 0. The van der Waals surface area contributed by atoms with Gasteiger partial charge in [-0.15, -0.1) is 5.54 Å². The van der Waals surface area contributed by atoms with Crippen molar-refractivity contribution in [2.24, 2.45) is 0 Å². The maximum Gasteiger partial charge on any atom is 0.253 e. The highest BCUT2D eigenvalue weighted by Gasteiger charge is 2.41. The third-order valence-corrected chi connectivity index (χ3v) is 13.4. The Morgan fingerprint density at radius 2 is 1.44 bits per heavy atom. The number of aromatic nitrogens is 1. The number of amides is 1. The van der Waals surface area contributed by atoms with Crippen LogP contribution in [0, 0.1) is 11.5 Å². The number of nitrogens with zero attached hydrogens (tertiary/aromatic N) is 1. The summed E-state index contributed by atoms with van der Waals surface area (Å²) in [6.45, 7) is 17.8. The second-order valence-corrected chi connectivity index (χ2v) is 16.3. The van der Waals surface area contributed by atoms with Gasteiger partial charge in [0.2, 0.25) is 0 Å². The molecule has 0 aliphatic rings. The molecule has 0 saturated carbocycles. The summed E-state index contributed by atoms with van der Waals surface area (Å²) in [5.74, 6) is 3.40. The number of carbonyl (C=O) groups is 1. The SMILES string of the molecule is CC(C)[Si](C#Cc1cc2ccccc2cc1C(=O)NC(C)(C)c1ccccn1)(C(C)C)C(C)C. The van der Waals surface area contributed by atoms with Gasteiger partial charge in [0.1, 0.15) is 8.07 Å². The summed E-state index contributed by atoms with van der Waals surface area (Å²) < 4.78 is 0. The maximum absolute atomic E-state index is 13.6. The molecular formula is C30H38N2OSi. The third-order valence-electron chi connectivity index (χ3n) is 7.14. The molecule has 1 N–H and O–H groups in total. The molecular weight excluding hydrogens is 432 g/mol. The van der Waals surface area contributed by atoms with Crippen molar-refractivity contribution in [2.75, 3.05) is 0 Å². The van der Waals surface area contributed by atoms with Crippen molar-refractivity contribution in [3.8, 4) is 11.5 Å². The summed E-state index contributed by atoms with van der Waals surface area (Å²) in [5.41, 5.74) is 7.01. The van der Waals surface area contributed by atoms with Crippen molar-refractivity contribution in [2.45, 2.75) is 77.6 Å². The highest BCUT2D eigenvalue weighted by atomic mass is 28.3. The molecule has 3 aromatic rings. The Kier molecular flexibility index (Phi) is 7.68. The first-order valence-corrected chi connectivity index (χ1v) is 14.5. The first kappa shape index (κ1) is 25.7. The molecule has 0 spiro atoms. The van der Waals surface area contributed by atoms with Crippen LogP contribution in [0.5, 0.6) is 0 Å². The molecule has 2 aromatic carbocycles. The molecule has 0 unspecified atom stereocenters. The molecule has 0 saturated heterocycles. The molecule has 1 aromatic heterocycles. The number of rotatable bonds is 6. The molecule has 1 amide bonds. The Bertz CT molecular complexity index is 1200. The van der Waals surface area contributed by atoms with E-state index >= 15 is 0 Å². The molecule has 0 fully saturated rings. The molecule has 178 valence electrons. The zero-order valence-corrected chi connectivity index (χ0v) is 22.9. The minimum absolute atomic E-state index is 0.128. The lowest BCUT2D eigenvalue weighted by atomic mass is 9.96. The first-order valence-electron chi connectivity index (χ1n) is 12.3. The molecule has 0 bridgehead atoms. The summed E-state index contributed by atoms with van der Waals surface area (Å²) in [5, 5.41) is 5.33. The fourth-order valence-corrected chi connectivity index (χ4v) is 10.5. The number of carbonyl (C=O) groups excluding carboxylic acids is 1. The van der Waals surface area contributed by atoms with Crippen LogP contribution in [0.4, 0.5) is 0 Å². The number of fused-ring (bicyclic) bond motifs is 1. The van der Waals surface area contributed by atoms with E-state index < -0.39 is 13.6 Å². The van der Waals surface area contributed by atoms with Crippen LogP contribution in [-0.4, -0.2) is 19.0 Å². The minimum atomic E-state index is -1.94. The average molecular weight is 471 g/mol. The normalized spacial score (nSPS) is 12.2. The van der Waals surface area contributed by atoms with E-state index in [4.69, 9.17) is 0 Å². The van der Waals surface area contributed by atoms with Gasteiger partial charge >= 0.3 is 0 Å². The Labute approximate surface area is 206 Å². The smallest absolute Gasteiger partial charge is 0.253 e. The van der Waals surface area contributed by atoms with Crippen LogP contribution < -0.4 is 5.32 Å². The molecule has 3 rings (SSSR count). The molecule has 1 heterocycles. The first-order chi connectivity index (χ1) is 16.0. The minimum Gasteiger partial charge on any atom is -0.341 e. The molecule has 0 aliphatic heterocycles. The van der Waals surface area contributed by atoms with Crippen LogP contribution in [0.1, 0.15) is 77.0 Å². The molecule has 0 aliphatic carbocycles. The van der Waals surface area contributed by atoms with Crippen LogP contribution in [0.25, 0.3) is 10.8 Å². The number of hydrogen-bond donors (Lipinski definition) is 1. The van der Waals surface area contributed by atoms with E-state index in [-0.39, 0.29) is 5.91 Å². The highest BCUT2D eigenvalue weighted by Crippen LogP contribution is 2.41. The van der Waals surface area contributed by atoms with Gasteiger partial charge in [0.25, 0.3) is 5.91 Å². The summed E-state index contributed by atoms with van der Waals surface area (Å²) in [7, 11) is -1.94. The zero-order valence-electron chi connectivity index (χ0n) is 21.9. The predicted octanol–water partition coefficient (Wildman–Crippen LogP) is 7.47. The van der Waals surface area contributed by atoms with Crippen molar-refractivity contribution in [1.29, 1.82) is 0 Å². The van der Waals surface area contributed by atoms with Crippen molar-refractivity contribution in [1.82, 2.24) is 10.3 Å². The summed E-state index contributed by atoms with van der Waals surface area (Å²) in [6.07, 6.45) is 1.75. The molecule has 3 nitrogen and oxygen atoms in total. The Morgan fingerprint density at radius 3 is 1.97 bits per heavy atom. The Morgan fingerprint density at radius 1 is 0.882 bits per heavy atom. The second-order valence-electron chi connectivity index (χ2n) is 10.7. The standard InChI is InChI=1S/C30H38N2OSi/c1-21(2)34(22(3)4,23(5)6)18-16-26-19-24-13-9-10-14-25(24)20-27(26)29(33)32-30(7,8)28-15-11-12-17-31-28/h9-15,17,19-23H,1-8H3,(H,32,33). The highest BCUT2D eigenvalue weighted by molar-refractivity contribution is 6.90. The van der Waals surface area contributed by atoms with Gasteiger partial charge in [-0.1, -0.05) is 77.8 Å². The van der Waals surface area contributed by atoms with E-state index in [0.717, 1.165) is 22.0 Å². The van der Waals surface area contributed by atoms with Gasteiger partial charge in [-0.2, -0.15) is 0 Å². The lowest BCUT2D eigenvalue weighted by Crippen LogP contribution is -2.43. The Balaban J connectivity index is 2.13. The van der Waals surface area contributed by atoms with Crippen molar-refractivity contribution in [3.63, 3.8) is 0 Å². The van der Waals surface area contributed by atoms with E-state index in [2.05, 4.69) is 75.4 Å². The second kappa shape index (κ2) is 10.2. The monoisotopic (exact) mass is 470 g/mol. The average Bonchev–Trinajstić information content (AvgIpc) is 2.78. The van der Waals surface area contributed by atoms with Crippen LogP contribution in [0.15, 0.2) is 60.8 Å². The largest absolute Gasteiger partial charge is 0.341 e. The number of nitrogens with one attached hydrogen (secondary N) is 1. The number of benzene rings is 2. The van der Waals surface area contributed by atoms with Gasteiger partial charge in [0.05, 0.1) is 16.8 Å². The summed E-state index contributed by atoms with van der Waals surface area (Å²) in [6, 6.07) is 18.0. The van der Waals surface area contributed by atoms with Gasteiger partial charge in [-0.3, -0.25) is 9.78 Å². The van der Waals surface area contributed by atoms with Crippen LogP contribution in [0.2, 0.25) is 16.6 Å². The van der Waals surface area contributed by atoms with Gasteiger partial charge < -0.3 is 5.32 Å². The molecule has 34 heavy (non-hydrogen) atoms. The lowest BCUT2D eigenvalue weighted by molar-refractivity contribution is 0.0910. The summed E-state index contributed by atoms with van der Waals surface area (Å²) in [4.78, 5) is 18.1. The predicted molar refractivity (Wildman–Crippen MR) is 147 cm³/mol. The quantitative estimate of drug-likeness (QED) is 0.300. The van der Waals surface area contributed by atoms with Gasteiger partial charge in [-0.05, 0) is 65.5 Å². The zero-order chi connectivity index (χ0) is 25.1. The van der Waals surface area contributed by atoms with Crippen LogP contribution in [-0.2, 0) is 5.54 Å². The topological polar surface area (TPSA) is 42.0 Å². The third kappa shape index (κ3) is 5.10. The van der Waals surface area contributed by atoms with E-state index in [9.17, 15) is 4.79 Å². The van der Waals surface area contributed by atoms with E-state index in [1.807, 2.05) is 56.3 Å². The van der Waals surface area contributed by atoms with Crippen molar-refractivity contribution in [3.05, 3.63) is 77.6 Å². The van der Waals surface area contributed by atoms with Crippen molar-refractivity contribution >= 4 is 24.8 Å². The van der Waals surface area contributed by atoms with E-state index in [1.54, 1.807) is 6.20 Å². The molecule has 0 atom stereocenters.